The van der Waals surface area contributed by atoms with E-state index in [0.29, 0.717) is 19.8 Å². The Hall–Kier alpha value is -0.980. The number of β-amino-alcohol motifs (C(OH)–C–C–N with tert-alkyl or cyclic N) is 1. The summed E-state index contributed by atoms with van der Waals surface area (Å²) >= 11 is 0. The molecule has 20 heavy (non-hydrogen) atoms. The van der Waals surface area contributed by atoms with Crippen molar-refractivity contribution in [1.29, 1.82) is 0 Å². The van der Waals surface area contributed by atoms with E-state index in [1.807, 2.05) is 18.2 Å². The van der Waals surface area contributed by atoms with Gasteiger partial charge in [-0.1, -0.05) is 30.3 Å². The van der Waals surface area contributed by atoms with Gasteiger partial charge in [-0.25, -0.2) is 0 Å². The lowest BCUT2D eigenvalue weighted by molar-refractivity contribution is -0.116. The van der Waals surface area contributed by atoms with Crippen LogP contribution in [0.3, 0.4) is 0 Å². The maximum atomic E-state index is 9.99. The normalized spacial score (nSPS) is 23.3. The van der Waals surface area contributed by atoms with E-state index in [2.05, 4.69) is 17.0 Å². The first-order chi connectivity index (χ1) is 9.79. The smallest absolute Gasteiger partial charge is 0.147 e. The molecule has 1 heterocycles. The molecule has 1 saturated heterocycles. The fourth-order valence-corrected chi connectivity index (χ4v) is 2.30. The highest BCUT2D eigenvalue weighted by Gasteiger charge is 2.31. The average Bonchev–Trinajstić information content (AvgIpc) is 2.80. The second-order valence-electron chi connectivity index (χ2n) is 4.97. The molecule has 0 aromatic heterocycles. The van der Waals surface area contributed by atoms with Gasteiger partial charge >= 0.3 is 0 Å². The summed E-state index contributed by atoms with van der Waals surface area (Å²) in [5.41, 5.74) is 1.25. The van der Waals surface area contributed by atoms with E-state index >= 15 is 0 Å². The first-order valence-electron chi connectivity index (χ1n) is 6.92. The van der Waals surface area contributed by atoms with E-state index in [1.54, 1.807) is 7.11 Å². The summed E-state index contributed by atoms with van der Waals surface area (Å²) in [7, 11) is 1.63. The number of benzene rings is 1. The third-order valence-electron chi connectivity index (χ3n) is 3.36. The number of nitrogens with zero attached hydrogens (tertiary/aromatic N) is 1. The summed E-state index contributed by atoms with van der Waals surface area (Å²) < 4.78 is 15.7. The van der Waals surface area contributed by atoms with Crippen molar-refractivity contribution >= 4 is 0 Å². The molecule has 2 atom stereocenters. The largest absolute Gasteiger partial charge is 0.389 e. The van der Waals surface area contributed by atoms with E-state index < -0.39 is 6.10 Å². The lowest BCUT2D eigenvalue weighted by Crippen LogP contribution is -2.28. The van der Waals surface area contributed by atoms with Crippen LogP contribution in [-0.4, -0.2) is 62.4 Å². The summed E-state index contributed by atoms with van der Waals surface area (Å²) in [4.78, 5) is 2.19. The highest BCUT2D eigenvalue weighted by molar-refractivity contribution is 5.14. The van der Waals surface area contributed by atoms with Gasteiger partial charge in [0.1, 0.15) is 12.9 Å². The summed E-state index contributed by atoms with van der Waals surface area (Å²) in [5, 5.41) is 9.99. The zero-order chi connectivity index (χ0) is 14.2. The van der Waals surface area contributed by atoms with Crippen molar-refractivity contribution in [2.75, 3.05) is 40.2 Å². The number of rotatable bonds is 8. The molecule has 1 fully saturated rings. The van der Waals surface area contributed by atoms with E-state index in [4.69, 9.17) is 14.2 Å². The van der Waals surface area contributed by atoms with Gasteiger partial charge in [0.2, 0.25) is 0 Å². The van der Waals surface area contributed by atoms with Crippen LogP contribution in [0.1, 0.15) is 5.56 Å². The number of methoxy groups -OCH3 is 1. The van der Waals surface area contributed by atoms with Crippen LogP contribution in [0.5, 0.6) is 0 Å². The summed E-state index contributed by atoms with van der Waals surface area (Å²) in [6.45, 7) is 3.46. The van der Waals surface area contributed by atoms with Gasteiger partial charge in [-0.05, 0) is 5.56 Å². The van der Waals surface area contributed by atoms with E-state index in [9.17, 15) is 5.11 Å². The van der Waals surface area contributed by atoms with Crippen LogP contribution in [0.4, 0.5) is 0 Å². The average molecular weight is 281 g/mol. The van der Waals surface area contributed by atoms with Crippen molar-refractivity contribution in [1.82, 2.24) is 4.90 Å². The van der Waals surface area contributed by atoms with Gasteiger partial charge in [0.15, 0.2) is 0 Å². The third-order valence-corrected chi connectivity index (χ3v) is 3.36. The molecule has 0 radical (unpaired) electrons. The van der Waals surface area contributed by atoms with E-state index in [1.165, 1.54) is 5.56 Å². The molecule has 0 spiro atoms. The number of aliphatic hydroxyl groups excluding tert-OH is 1. The molecule has 0 aliphatic carbocycles. The Morgan fingerprint density at radius 2 is 2.00 bits per heavy atom. The van der Waals surface area contributed by atoms with Gasteiger partial charge in [0, 0.05) is 26.7 Å². The van der Waals surface area contributed by atoms with Crippen LogP contribution in [0.15, 0.2) is 30.3 Å². The Balaban J connectivity index is 1.69. The second kappa shape index (κ2) is 8.34. The fourth-order valence-electron chi connectivity index (χ4n) is 2.30. The van der Waals surface area contributed by atoms with Gasteiger partial charge < -0.3 is 19.3 Å². The summed E-state index contributed by atoms with van der Waals surface area (Å²) in [6.07, 6.45) is -0.633. The van der Waals surface area contributed by atoms with Crippen LogP contribution in [0.25, 0.3) is 0 Å². The Morgan fingerprint density at radius 3 is 2.75 bits per heavy atom. The zero-order valence-electron chi connectivity index (χ0n) is 11.9. The molecule has 2 rings (SSSR count). The van der Waals surface area contributed by atoms with Gasteiger partial charge in [0.05, 0.1) is 19.3 Å². The Bertz CT molecular complexity index is 373. The Labute approximate surface area is 120 Å². The van der Waals surface area contributed by atoms with E-state index in [0.717, 1.165) is 13.1 Å². The lowest BCUT2D eigenvalue weighted by atomic mass is 10.2. The van der Waals surface area contributed by atoms with Crippen LogP contribution in [0.2, 0.25) is 0 Å². The molecule has 112 valence electrons. The van der Waals surface area contributed by atoms with Crippen LogP contribution in [-0.2, 0) is 20.8 Å². The van der Waals surface area contributed by atoms with Gasteiger partial charge in [-0.15, -0.1) is 0 Å². The van der Waals surface area contributed by atoms with Crippen LogP contribution < -0.4 is 0 Å². The fraction of sp³-hybridized carbons (Fsp3) is 0.600. The molecule has 5 nitrogen and oxygen atoms in total. The molecule has 0 bridgehead atoms. The SMILES string of the molecule is COCCOCO[C@H]1CN(Cc2ccccc2)C[C@@H]1O. The van der Waals surface area contributed by atoms with Crippen molar-refractivity contribution in [3.8, 4) is 0 Å². The molecule has 1 aliphatic rings. The van der Waals surface area contributed by atoms with Crippen molar-refractivity contribution in [2.24, 2.45) is 0 Å². The molecule has 1 aromatic carbocycles. The van der Waals surface area contributed by atoms with E-state index in [-0.39, 0.29) is 12.9 Å². The quantitative estimate of drug-likeness (QED) is 0.566. The zero-order valence-corrected chi connectivity index (χ0v) is 11.9. The Morgan fingerprint density at radius 1 is 1.20 bits per heavy atom. The number of aliphatic hydroxyl groups is 1. The number of likely N-dealkylation sites (tertiary alicyclic amines) is 1. The maximum absolute atomic E-state index is 9.99. The minimum Gasteiger partial charge on any atom is -0.389 e. The minimum atomic E-state index is -0.454. The highest BCUT2D eigenvalue weighted by Crippen LogP contribution is 2.16. The maximum Gasteiger partial charge on any atom is 0.147 e. The van der Waals surface area contributed by atoms with Crippen LogP contribution in [0, 0.1) is 0 Å². The van der Waals surface area contributed by atoms with Gasteiger partial charge in [0.25, 0.3) is 0 Å². The van der Waals surface area contributed by atoms with Crippen molar-refractivity contribution in [2.45, 2.75) is 18.8 Å². The third kappa shape index (κ3) is 4.85. The Kier molecular flexibility index (Phi) is 6.42. The topological polar surface area (TPSA) is 51.2 Å². The molecule has 1 aromatic rings. The first kappa shape index (κ1) is 15.4. The van der Waals surface area contributed by atoms with Gasteiger partial charge in [-0.3, -0.25) is 4.90 Å². The number of ether oxygens (including phenoxy) is 3. The molecule has 1 N–H and O–H groups in total. The second-order valence-corrected chi connectivity index (χ2v) is 4.97. The van der Waals surface area contributed by atoms with Crippen molar-refractivity contribution in [3.05, 3.63) is 35.9 Å². The minimum absolute atomic E-state index is 0.179. The van der Waals surface area contributed by atoms with Crippen molar-refractivity contribution < 1.29 is 19.3 Å². The molecule has 0 saturated carbocycles. The number of hydrogen-bond acceptors (Lipinski definition) is 5. The predicted molar refractivity (Wildman–Crippen MR) is 75.3 cm³/mol. The van der Waals surface area contributed by atoms with Gasteiger partial charge in [-0.2, -0.15) is 0 Å². The van der Waals surface area contributed by atoms with Crippen molar-refractivity contribution in [3.63, 3.8) is 0 Å². The monoisotopic (exact) mass is 281 g/mol. The molecule has 1 aliphatic heterocycles. The van der Waals surface area contributed by atoms with Crippen LogP contribution >= 0.6 is 0 Å². The standard InChI is InChI=1S/C15H23NO4/c1-18-7-8-19-12-20-15-11-16(10-14(15)17)9-13-5-3-2-4-6-13/h2-6,14-15,17H,7-12H2,1H3/t14-,15-/m0/s1. The summed E-state index contributed by atoms with van der Waals surface area (Å²) in [6, 6.07) is 10.2. The summed E-state index contributed by atoms with van der Waals surface area (Å²) in [5.74, 6) is 0. The highest BCUT2D eigenvalue weighted by atomic mass is 16.7. The first-order valence-corrected chi connectivity index (χ1v) is 6.92. The molecular weight excluding hydrogens is 258 g/mol. The number of hydrogen-bond donors (Lipinski definition) is 1. The lowest BCUT2D eigenvalue weighted by Gasteiger charge is -2.16. The molecule has 5 heteroatoms. The molecule has 0 unspecified atom stereocenters. The molecular formula is C15H23NO4. The molecule has 0 amide bonds. The predicted octanol–water partition coefficient (Wildman–Crippen LogP) is 0.869.